The molecule has 2 rings (SSSR count). The Morgan fingerprint density at radius 3 is 2.65 bits per heavy atom. The molecule has 4 nitrogen and oxygen atoms in total. The largest absolute Gasteiger partial charge is 0.464 e. The van der Waals surface area contributed by atoms with Gasteiger partial charge in [0.2, 0.25) is 0 Å². The van der Waals surface area contributed by atoms with E-state index in [1.165, 1.54) is 19.2 Å². The zero-order valence-electron chi connectivity index (χ0n) is 12.1. The Balaban J connectivity index is 2.26. The van der Waals surface area contributed by atoms with Gasteiger partial charge in [0.05, 0.1) is 7.11 Å². The lowest BCUT2D eigenvalue weighted by molar-refractivity contribution is -0.132. The van der Waals surface area contributed by atoms with Crippen LogP contribution >= 0.6 is 23.2 Å². The Morgan fingerprint density at radius 2 is 2.00 bits per heavy atom. The van der Waals surface area contributed by atoms with Crippen molar-refractivity contribution >= 4 is 40.6 Å². The summed E-state index contributed by atoms with van der Waals surface area (Å²) in [5.41, 5.74) is 1.20. The molecule has 23 heavy (non-hydrogen) atoms. The molecule has 0 fully saturated rings. The van der Waals surface area contributed by atoms with Crippen LogP contribution in [0.3, 0.4) is 0 Å². The van der Waals surface area contributed by atoms with Crippen LogP contribution in [0.15, 0.2) is 36.4 Å². The van der Waals surface area contributed by atoms with Crippen LogP contribution in [0.4, 0.5) is 10.1 Å². The first-order valence-corrected chi connectivity index (χ1v) is 7.32. The summed E-state index contributed by atoms with van der Waals surface area (Å²) in [7, 11) is 1.21. The minimum Gasteiger partial charge on any atom is -0.464 e. The molecule has 120 valence electrons. The summed E-state index contributed by atoms with van der Waals surface area (Å²) in [6.45, 7) is 0.279. The van der Waals surface area contributed by atoms with E-state index in [9.17, 15) is 9.18 Å². The van der Waals surface area contributed by atoms with Gasteiger partial charge in [-0.2, -0.15) is 0 Å². The molecule has 7 heteroatoms. The minimum absolute atomic E-state index is 0.279. The van der Waals surface area contributed by atoms with Crippen molar-refractivity contribution in [2.75, 3.05) is 12.4 Å². The molecule has 0 saturated carbocycles. The van der Waals surface area contributed by atoms with Gasteiger partial charge in [-0.05, 0) is 35.9 Å². The van der Waals surface area contributed by atoms with Gasteiger partial charge in [-0.15, -0.1) is 0 Å². The standard InChI is InChI=1S/C16H13Cl2FN2O2/c1-23-16(22)15(20)12-5-3-10(17)6-14(12)21-8-9-2-4-11(19)7-13(9)18/h2-7,20-21H,8H2,1H3. The van der Waals surface area contributed by atoms with Crippen LogP contribution in [0.1, 0.15) is 11.1 Å². The fourth-order valence-electron chi connectivity index (χ4n) is 1.95. The van der Waals surface area contributed by atoms with E-state index >= 15 is 0 Å². The Hall–Kier alpha value is -2.11. The number of carbonyl (C=O) groups excluding carboxylic acids is 1. The zero-order valence-corrected chi connectivity index (χ0v) is 13.6. The van der Waals surface area contributed by atoms with E-state index in [1.807, 2.05) is 0 Å². The molecule has 0 spiro atoms. The molecule has 0 unspecified atom stereocenters. The van der Waals surface area contributed by atoms with E-state index in [1.54, 1.807) is 24.3 Å². The van der Waals surface area contributed by atoms with Crippen molar-refractivity contribution in [2.45, 2.75) is 6.54 Å². The number of methoxy groups -OCH3 is 1. The Kier molecular flexibility index (Phi) is 5.58. The molecule has 0 atom stereocenters. The summed E-state index contributed by atoms with van der Waals surface area (Å²) in [6, 6.07) is 8.79. The van der Waals surface area contributed by atoms with Gasteiger partial charge in [0.1, 0.15) is 11.5 Å². The van der Waals surface area contributed by atoms with E-state index < -0.39 is 11.8 Å². The molecule has 0 heterocycles. The molecule has 0 saturated heterocycles. The third-order valence-corrected chi connectivity index (χ3v) is 3.71. The molecule has 0 bridgehead atoms. The maximum absolute atomic E-state index is 13.1. The topological polar surface area (TPSA) is 62.2 Å². The molecule has 0 aromatic heterocycles. The summed E-state index contributed by atoms with van der Waals surface area (Å²) in [4.78, 5) is 11.5. The first kappa shape index (κ1) is 17.2. The number of carbonyl (C=O) groups is 1. The smallest absolute Gasteiger partial charge is 0.356 e. The van der Waals surface area contributed by atoms with Crippen LogP contribution < -0.4 is 5.32 Å². The number of hydrogen-bond acceptors (Lipinski definition) is 4. The maximum Gasteiger partial charge on any atom is 0.356 e. The number of ether oxygens (including phenoxy) is 1. The van der Waals surface area contributed by atoms with Crippen molar-refractivity contribution in [3.8, 4) is 0 Å². The van der Waals surface area contributed by atoms with Crippen molar-refractivity contribution in [1.82, 2.24) is 0 Å². The van der Waals surface area contributed by atoms with Crippen molar-refractivity contribution < 1.29 is 13.9 Å². The first-order chi connectivity index (χ1) is 10.9. The predicted octanol–water partition coefficient (Wildman–Crippen LogP) is 4.29. The number of nitrogens with one attached hydrogen (secondary N) is 2. The SMILES string of the molecule is COC(=O)C(=N)c1ccc(Cl)cc1NCc1ccc(F)cc1Cl. The van der Waals surface area contributed by atoms with E-state index in [0.717, 1.165) is 0 Å². The van der Waals surface area contributed by atoms with E-state index in [4.69, 9.17) is 28.6 Å². The van der Waals surface area contributed by atoms with Gasteiger partial charge in [-0.1, -0.05) is 29.3 Å². The second-order valence-electron chi connectivity index (χ2n) is 4.65. The van der Waals surface area contributed by atoms with E-state index in [0.29, 0.717) is 21.8 Å². The number of esters is 1. The van der Waals surface area contributed by atoms with Crippen molar-refractivity contribution in [2.24, 2.45) is 0 Å². The van der Waals surface area contributed by atoms with E-state index in [-0.39, 0.29) is 17.3 Å². The second kappa shape index (κ2) is 7.44. The van der Waals surface area contributed by atoms with Gasteiger partial charge >= 0.3 is 5.97 Å². The fraction of sp³-hybridized carbons (Fsp3) is 0.125. The van der Waals surface area contributed by atoms with Gasteiger partial charge in [0.25, 0.3) is 0 Å². The Bertz CT molecular complexity index is 766. The van der Waals surface area contributed by atoms with Crippen LogP contribution in [-0.4, -0.2) is 18.8 Å². The minimum atomic E-state index is -0.754. The molecule has 2 aromatic carbocycles. The molecule has 0 aliphatic rings. The molecular formula is C16H13Cl2FN2O2. The highest BCUT2D eigenvalue weighted by molar-refractivity contribution is 6.43. The molecule has 2 N–H and O–H groups in total. The first-order valence-electron chi connectivity index (χ1n) is 6.57. The highest BCUT2D eigenvalue weighted by Crippen LogP contribution is 2.24. The quantitative estimate of drug-likeness (QED) is 0.621. The number of hydrogen-bond donors (Lipinski definition) is 2. The van der Waals surface area contributed by atoms with Crippen LogP contribution in [0, 0.1) is 11.2 Å². The van der Waals surface area contributed by atoms with Gasteiger partial charge < -0.3 is 10.1 Å². The Morgan fingerprint density at radius 1 is 1.26 bits per heavy atom. The normalized spacial score (nSPS) is 10.3. The third-order valence-electron chi connectivity index (χ3n) is 3.12. The average Bonchev–Trinajstić information content (AvgIpc) is 2.52. The number of rotatable bonds is 5. The number of benzene rings is 2. The molecule has 2 aromatic rings. The molecule has 0 amide bonds. The van der Waals surface area contributed by atoms with Gasteiger partial charge in [0, 0.05) is 27.8 Å². The molecular weight excluding hydrogens is 342 g/mol. The van der Waals surface area contributed by atoms with E-state index in [2.05, 4.69) is 10.1 Å². The monoisotopic (exact) mass is 354 g/mol. The summed E-state index contributed by atoms with van der Waals surface area (Å²) in [6.07, 6.45) is 0. The highest BCUT2D eigenvalue weighted by Gasteiger charge is 2.16. The molecule has 0 aliphatic heterocycles. The lowest BCUT2D eigenvalue weighted by Gasteiger charge is -2.13. The molecule has 0 radical (unpaired) electrons. The van der Waals surface area contributed by atoms with Crippen LogP contribution in [0.5, 0.6) is 0 Å². The van der Waals surface area contributed by atoms with Gasteiger partial charge in [0.15, 0.2) is 0 Å². The van der Waals surface area contributed by atoms with Crippen LogP contribution in [0.25, 0.3) is 0 Å². The predicted molar refractivity (Wildman–Crippen MR) is 89.0 cm³/mol. The third kappa shape index (κ3) is 4.21. The van der Waals surface area contributed by atoms with Gasteiger partial charge in [-0.25, -0.2) is 9.18 Å². The molecule has 0 aliphatic carbocycles. The summed E-state index contributed by atoms with van der Waals surface area (Å²) >= 11 is 11.9. The zero-order chi connectivity index (χ0) is 17.0. The van der Waals surface area contributed by atoms with Crippen molar-refractivity contribution in [1.29, 1.82) is 5.41 Å². The van der Waals surface area contributed by atoms with Gasteiger partial charge in [-0.3, -0.25) is 5.41 Å². The van der Waals surface area contributed by atoms with Crippen LogP contribution in [-0.2, 0) is 16.1 Å². The maximum atomic E-state index is 13.1. The lowest BCUT2D eigenvalue weighted by atomic mass is 10.1. The number of anilines is 1. The lowest BCUT2D eigenvalue weighted by Crippen LogP contribution is -2.17. The summed E-state index contributed by atoms with van der Waals surface area (Å²) in [5.74, 6) is -1.18. The van der Waals surface area contributed by atoms with Crippen LogP contribution in [0.2, 0.25) is 10.0 Å². The average molecular weight is 355 g/mol. The number of halogens is 3. The van der Waals surface area contributed by atoms with Crippen molar-refractivity contribution in [3.05, 3.63) is 63.4 Å². The second-order valence-corrected chi connectivity index (χ2v) is 5.49. The summed E-state index contributed by atoms with van der Waals surface area (Å²) < 4.78 is 17.6. The Labute approximate surface area is 142 Å². The van der Waals surface area contributed by atoms with Crippen molar-refractivity contribution in [3.63, 3.8) is 0 Å². The summed E-state index contributed by atoms with van der Waals surface area (Å²) in [5, 5.41) is 11.6. The highest BCUT2D eigenvalue weighted by atomic mass is 35.5. The fourth-order valence-corrected chi connectivity index (χ4v) is 2.35.